The summed E-state index contributed by atoms with van der Waals surface area (Å²) in [6, 6.07) is 7.51. The van der Waals surface area contributed by atoms with Crippen molar-refractivity contribution in [2.75, 3.05) is 7.11 Å². The van der Waals surface area contributed by atoms with Crippen LogP contribution >= 0.6 is 0 Å². The van der Waals surface area contributed by atoms with Crippen LogP contribution in [0.15, 0.2) is 24.3 Å². The summed E-state index contributed by atoms with van der Waals surface area (Å²) in [6.07, 6.45) is 0.186. The van der Waals surface area contributed by atoms with Crippen molar-refractivity contribution in [2.45, 2.75) is 39.0 Å². The van der Waals surface area contributed by atoms with Gasteiger partial charge >= 0.3 is 0 Å². The molecule has 0 fully saturated rings. The minimum Gasteiger partial charge on any atom is -0.387 e. The lowest BCUT2D eigenvalue weighted by molar-refractivity contribution is 0.129. The second-order valence-electron chi connectivity index (χ2n) is 4.87. The van der Waals surface area contributed by atoms with Crippen molar-refractivity contribution in [1.82, 2.24) is 0 Å². The van der Waals surface area contributed by atoms with E-state index in [0.717, 1.165) is 17.5 Å². The van der Waals surface area contributed by atoms with Gasteiger partial charge in [0.1, 0.15) is 0 Å². The van der Waals surface area contributed by atoms with Crippen molar-refractivity contribution in [3.05, 3.63) is 35.4 Å². The summed E-state index contributed by atoms with van der Waals surface area (Å²) in [4.78, 5) is 0. The molecule has 3 nitrogen and oxygen atoms in total. The molecule has 0 bridgehead atoms. The summed E-state index contributed by atoms with van der Waals surface area (Å²) in [5, 5.41) is 10.3. The van der Waals surface area contributed by atoms with E-state index in [1.807, 2.05) is 24.3 Å². The van der Waals surface area contributed by atoms with E-state index in [0.29, 0.717) is 12.5 Å². The van der Waals surface area contributed by atoms with Crippen molar-refractivity contribution in [3.8, 4) is 0 Å². The molecule has 0 saturated carbocycles. The third-order valence-corrected chi connectivity index (χ3v) is 2.82. The molecule has 1 aromatic rings. The Morgan fingerprint density at radius 1 is 1.29 bits per heavy atom. The van der Waals surface area contributed by atoms with E-state index in [1.165, 1.54) is 0 Å². The molecular weight excluding hydrogens is 214 g/mol. The van der Waals surface area contributed by atoms with Crippen molar-refractivity contribution < 1.29 is 9.84 Å². The molecule has 1 aromatic carbocycles. The first kappa shape index (κ1) is 14.2. The summed E-state index contributed by atoms with van der Waals surface area (Å²) in [5.41, 5.74) is 7.90. The van der Waals surface area contributed by atoms with Gasteiger partial charge in [-0.15, -0.1) is 0 Å². The Morgan fingerprint density at radius 2 is 1.94 bits per heavy atom. The van der Waals surface area contributed by atoms with Crippen molar-refractivity contribution >= 4 is 0 Å². The van der Waals surface area contributed by atoms with E-state index in [-0.39, 0.29) is 6.04 Å². The lowest BCUT2D eigenvalue weighted by atomic mass is 9.93. The molecule has 0 amide bonds. The Morgan fingerprint density at radius 3 is 2.53 bits per heavy atom. The Hall–Kier alpha value is -0.900. The summed E-state index contributed by atoms with van der Waals surface area (Å²) in [7, 11) is 1.65. The third-order valence-electron chi connectivity index (χ3n) is 2.82. The van der Waals surface area contributed by atoms with Crippen LogP contribution in [-0.4, -0.2) is 18.3 Å². The molecule has 1 rings (SSSR count). The monoisotopic (exact) mass is 237 g/mol. The highest BCUT2D eigenvalue weighted by Crippen LogP contribution is 2.23. The summed E-state index contributed by atoms with van der Waals surface area (Å²) in [5.74, 6) is 0.481. The molecule has 0 aliphatic carbocycles. The number of hydrogen-bond donors (Lipinski definition) is 2. The Balaban J connectivity index is 2.83. The standard InChI is InChI=1S/C14H23NO2/c1-10(2)8-13(15)14(16)12-7-5-4-6-11(12)9-17-3/h4-7,10,13-14,16H,8-9,15H2,1-3H3. The highest BCUT2D eigenvalue weighted by atomic mass is 16.5. The highest BCUT2D eigenvalue weighted by molar-refractivity contribution is 5.29. The number of methoxy groups -OCH3 is 1. The molecule has 0 heterocycles. The smallest absolute Gasteiger partial charge is 0.0944 e. The largest absolute Gasteiger partial charge is 0.387 e. The van der Waals surface area contributed by atoms with Gasteiger partial charge in [-0.2, -0.15) is 0 Å². The third kappa shape index (κ3) is 4.11. The van der Waals surface area contributed by atoms with Crippen molar-refractivity contribution in [1.29, 1.82) is 0 Å². The lowest BCUT2D eigenvalue weighted by Crippen LogP contribution is -2.30. The SMILES string of the molecule is COCc1ccccc1C(O)C(N)CC(C)C. The van der Waals surface area contributed by atoms with Crippen LogP contribution in [-0.2, 0) is 11.3 Å². The van der Waals surface area contributed by atoms with Crippen molar-refractivity contribution in [3.63, 3.8) is 0 Å². The quantitative estimate of drug-likeness (QED) is 0.797. The van der Waals surface area contributed by atoms with Crippen LogP contribution < -0.4 is 5.73 Å². The van der Waals surface area contributed by atoms with Gasteiger partial charge in [0.05, 0.1) is 12.7 Å². The summed E-state index contributed by atoms with van der Waals surface area (Å²) in [6.45, 7) is 4.71. The maximum Gasteiger partial charge on any atom is 0.0944 e. The van der Waals surface area contributed by atoms with Crippen LogP contribution in [0.1, 0.15) is 37.5 Å². The predicted octanol–water partition coefficient (Wildman–Crippen LogP) is 2.24. The van der Waals surface area contributed by atoms with Crippen LogP contribution in [0.25, 0.3) is 0 Å². The van der Waals surface area contributed by atoms with Crippen LogP contribution in [0.3, 0.4) is 0 Å². The molecule has 0 aliphatic heterocycles. The first-order valence-electron chi connectivity index (χ1n) is 6.06. The van der Waals surface area contributed by atoms with Gasteiger partial charge < -0.3 is 15.6 Å². The van der Waals surface area contributed by atoms with E-state index in [9.17, 15) is 5.11 Å². The van der Waals surface area contributed by atoms with Gasteiger partial charge in [-0.1, -0.05) is 38.1 Å². The fraction of sp³-hybridized carbons (Fsp3) is 0.571. The average molecular weight is 237 g/mol. The minimum absolute atomic E-state index is 0.229. The normalized spacial score (nSPS) is 14.9. The van der Waals surface area contributed by atoms with Gasteiger partial charge in [-0.3, -0.25) is 0 Å². The molecule has 2 unspecified atom stereocenters. The van der Waals surface area contributed by atoms with E-state index in [1.54, 1.807) is 7.11 Å². The topological polar surface area (TPSA) is 55.5 Å². The van der Waals surface area contributed by atoms with Crippen LogP contribution in [0.2, 0.25) is 0 Å². The zero-order chi connectivity index (χ0) is 12.8. The van der Waals surface area contributed by atoms with E-state index >= 15 is 0 Å². The molecule has 0 aliphatic rings. The van der Waals surface area contributed by atoms with Gasteiger partial charge in [0.25, 0.3) is 0 Å². The molecule has 0 aromatic heterocycles. The van der Waals surface area contributed by atoms with Crippen molar-refractivity contribution in [2.24, 2.45) is 11.7 Å². The second-order valence-corrected chi connectivity index (χ2v) is 4.87. The maximum atomic E-state index is 10.3. The van der Waals surface area contributed by atoms with Crippen LogP contribution in [0.4, 0.5) is 0 Å². The Bertz CT molecular complexity index is 339. The van der Waals surface area contributed by atoms with Gasteiger partial charge in [0.15, 0.2) is 0 Å². The fourth-order valence-corrected chi connectivity index (χ4v) is 2.01. The first-order chi connectivity index (χ1) is 8.06. The van der Waals surface area contributed by atoms with E-state index < -0.39 is 6.10 Å². The van der Waals surface area contributed by atoms with Crippen LogP contribution in [0.5, 0.6) is 0 Å². The molecule has 96 valence electrons. The molecule has 2 atom stereocenters. The molecule has 3 N–H and O–H groups in total. The molecule has 0 spiro atoms. The van der Waals surface area contributed by atoms with Gasteiger partial charge in [-0.25, -0.2) is 0 Å². The zero-order valence-corrected chi connectivity index (χ0v) is 10.9. The number of aliphatic hydroxyl groups is 1. The number of benzene rings is 1. The number of ether oxygens (including phenoxy) is 1. The number of nitrogens with two attached hydrogens (primary N) is 1. The highest BCUT2D eigenvalue weighted by Gasteiger charge is 2.20. The van der Waals surface area contributed by atoms with Gasteiger partial charge in [-0.05, 0) is 23.5 Å². The number of hydrogen-bond acceptors (Lipinski definition) is 3. The maximum absolute atomic E-state index is 10.3. The predicted molar refractivity (Wildman–Crippen MR) is 69.5 cm³/mol. The fourth-order valence-electron chi connectivity index (χ4n) is 2.01. The summed E-state index contributed by atoms with van der Waals surface area (Å²) >= 11 is 0. The molecular formula is C14H23NO2. The van der Waals surface area contributed by atoms with Crippen LogP contribution in [0, 0.1) is 5.92 Å². The summed E-state index contributed by atoms with van der Waals surface area (Å²) < 4.78 is 5.13. The zero-order valence-electron chi connectivity index (χ0n) is 10.9. The van der Waals surface area contributed by atoms with Gasteiger partial charge in [0.2, 0.25) is 0 Å². The first-order valence-corrected chi connectivity index (χ1v) is 6.06. The molecule has 0 radical (unpaired) electrons. The van der Waals surface area contributed by atoms with E-state index in [2.05, 4.69) is 13.8 Å². The molecule has 0 saturated heterocycles. The van der Waals surface area contributed by atoms with E-state index in [4.69, 9.17) is 10.5 Å². The average Bonchev–Trinajstić information content (AvgIpc) is 2.28. The molecule has 3 heteroatoms. The molecule has 17 heavy (non-hydrogen) atoms. The number of rotatable bonds is 6. The minimum atomic E-state index is -0.622. The lowest BCUT2D eigenvalue weighted by Gasteiger charge is -2.23. The Labute approximate surface area is 104 Å². The number of aliphatic hydroxyl groups excluding tert-OH is 1. The second kappa shape index (κ2) is 6.74. The Kier molecular flexibility index (Phi) is 5.62. The van der Waals surface area contributed by atoms with Gasteiger partial charge in [0, 0.05) is 13.2 Å².